The summed E-state index contributed by atoms with van der Waals surface area (Å²) in [5.74, 6) is 0.0447. The molecule has 166 valence electrons. The number of aliphatic hydroxyl groups is 2. The maximum atomic E-state index is 12.8. The fraction of sp³-hybridized carbons (Fsp3) is 0.143. The highest BCUT2D eigenvalue weighted by molar-refractivity contribution is 7.92. The second-order valence-electron chi connectivity index (χ2n) is 7.03. The summed E-state index contributed by atoms with van der Waals surface area (Å²) < 4.78 is 33.7. The Bertz CT molecular complexity index is 1430. The van der Waals surface area contributed by atoms with Crippen molar-refractivity contribution >= 4 is 38.3 Å². The molecule has 0 unspecified atom stereocenters. The topological polar surface area (TPSA) is 135 Å². The summed E-state index contributed by atoms with van der Waals surface area (Å²) in [4.78, 5) is 12.8. The number of aromatic nitrogens is 2. The molecule has 0 radical (unpaired) electrons. The van der Waals surface area contributed by atoms with E-state index in [1.165, 1.54) is 47.2 Å². The molecule has 9 nitrogen and oxygen atoms in total. The fourth-order valence-electron chi connectivity index (χ4n) is 3.36. The summed E-state index contributed by atoms with van der Waals surface area (Å²) in [6.45, 7) is -0.448. The first-order valence-electron chi connectivity index (χ1n) is 9.45. The quantitative estimate of drug-likeness (QED) is 0.373. The molecule has 3 N–H and O–H groups in total. The van der Waals surface area contributed by atoms with Crippen LogP contribution in [0.2, 0.25) is 5.02 Å². The molecule has 32 heavy (non-hydrogen) atoms. The number of sulfonamides is 1. The number of rotatable bonds is 7. The van der Waals surface area contributed by atoms with E-state index < -0.39 is 22.7 Å². The highest BCUT2D eigenvalue weighted by Crippen LogP contribution is 2.26. The van der Waals surface area contributed by atoms with Crippen LogP contribution in [-0.4, -0.2) is 41.1 Å². The smallest absolute Gasteiger partial charge is 0.263 e. The third-order valence-corrected chi connectivity index (χ3v) is 6.39. The van der Waals surface area contributed by atoms with Crippen molar-refractivity contribution in [3.63, 3.8) is 0 Å². The summed E-state index contributed by atoms with van der Waals surface area (Å²) in [5.41, 5.74) is 1.13. The number of hydrogen-bond acceptors (Lipinski definition) is 7. The standard InChI is InChI=1S/C21H18ClN3O6S/c22-15-2-4-19(14(9-15)10-16(27)12-26)25-18-5-3-17(11-13(18)1-6-21(25)28)32(29,30)24-20-7-8-31-23-20/h1-9,11,16,26-27H,10,12H2,(H,23,24)/t16-/m1/s1. The Morgan fingerprint density at radius 3 is 2.66 bits per heavy atom. The zero-order valence-corrected chi connectivity index (χ0v) is 18.0. The van der Waals surface area contributed by atoms with E-state index in [-0.39, 0.29) is 22.7 Å². The lowest BCUT2D eigenvalue weighted by Crippen LogP contribution is -2.22. The SMILES string of the molecule is O=c1ccc2cc(S(=O)(=O)Nc3ccon3)ccc2n1-c1ccc(Cl)cc1C[C@@H](O)CO. The molecule has 4 aromatic rings. The molecule has 2 aromatic carbocycles. The number of nitrogens with one attached hydrogen (secondary N) is 1. The van der Waals surface area contributed by atoms with Crippen molar-refractivity contribution in [1.29, 1.82) is 0 Å². The first kappa shape index (κ1) is 22.0. The molecule has 0 aliphatic rings. The molecular weight excluding hydrogens is 458 g/mol. The van der Waals surface area contributed by atoms with Gasteiger partial charge in [-0.1, -0.05) is 16.8 Å². The van der Waals surface area contributed by atoms with Crippen LogP contribution in [0.5, 0.6) is 0 Å². The minimum absolute atomic E-state index is 0.0229. The minimum atomic E-state index is -3.93. The summed E-state index contributed by atoms with van der Waals surface area (Å²) in [6, 6.07) is 13.4. The zero-order valence-electron chi connectivity index (χ0n) is 16.5. The van der Waals surface area contributed by atoms with Crippen LogP contribution in [0.25, 0.3) is 16.6 Å². The minimum Gasteiger partial charge on any atom is -0.394 e. The third-order valence-electron chi connectivity index (χ3n) is 4.80. The van der Waals surface area contributed by atoms with Crippen LogP contribution < -0.4 is 10.3 Å². The monoisotopic (exact) mass is 475 g/mol. The van der Waals surface area contributed by atoms with Crippen molar-refractivity contribution in [2.75, 3.05) is 11.3 Å². The fourth-order valence-corrected chi connectivity index (χ4v) is 4.58. The zero-order chi connectivity index (χ0) is 22.9. The molecule has 11 heteroatoms. The van der Waals surface area contributed by atoms with Crippen molar-refractivity contribution in [2.24, 2.45) is 0 Å². The van der Waals surface area contributed by atoms with Crippen LogP contribution in [0.15, 0.2) is 75.1 Å². The average molecular weight is 476 g/mol. The predicted octanol–water partition coefficient (Wildman–Crippen LogP) is 2.33. The van der Waals surface area contributed by atoms with Gasteiger partial charge in [0.05, 0.1) is 28.8 Å². The lowest BCUT2D eigenvalue weighted by molar-refractivity contribution is 0.0955. The molecular formula is C21H18ClN3O6S. The Labute approximate surface area is 187 Å². The second kappa shape index (κ2) is 8.75. The lowest BCUT2D eigenvalue weighted by atomic mass is 10.0. The Morgan fingerprint density at radius 2 is 1.94 bits per heavy atom. The van der Waals surface area contributed by atoms with E-state index in [1.807, 2.05) is 0 Å². The number of benzene rings is 2. The first-order valence-corrected chi connectivity index (χ1v) is 11.3. The molecule has 0 amide bonds. The van der Waals surface area contributed by atoms with E-state index in [4.69, 9.17) is 11.6 Å². The van der Waals surface area contributed by atoms with Crippen LogP contribution in [0.4, 0.5) is 5.82 Å². The molecule has 0 aliphatic heterocycles. The number of halogens is 1. The average Bonchev–Trinajstić information content (AvgIpc) is 3.26. The van der Waals surface area contributed by atoms with Gasteiger partial charge in [0, 0.05) is 29.0 Å². The van der Waals surface area contributed by atoms with Gasteiger partial charge in [-0.25, -0.2) is 8.42 Å². The molecule has 4 rings (SSSR count). The number of hydrogen-bond donors (Lipinski definition) is 3. The number of fused-ring (bicyclic) bond motifs is 1. The largest absolute Gasteiger partial charge is 0.394 e. The van der Waals surface area contributed by atoms with Gasteiger partial charge in [0.1, 0.15) is 6.26 Å². The maximum Gasteiger partial charge on any atom is 0.263 e. The van der Waals surface area contributed by atoms with Gasteiger partial charge in [-0.05, 0) is 48.0 Å². The van der Waals surface area contributed by atoms with Crippen LogP contribution in [0.3, 0.4) is 0 Å². The van der Waals surface area contributed by atoms with Gasteiger partial charge in [0.2, 0.25) is 0 Å². The van der Waals surface area contributed by atoms with Gasteiger partial charge in [0.15, 0.2) is 5.82 Å². The van der Waals surface area contributed by atoms with Gasteiger partial charge >= 0.3 is 0 Å². The Kier molecular flexibility index (Phi) is 6.02. The number of nitrogens with zero attached hydrogens (tertiary/aromatic N) is 2. The van der Waals surface area contributed by atoms with Gasteiger partial charge in [-0.3, -0.25) is 14.1 Å². The first-order chi connectivity index (χ1) is 15.3. The van der Waals surface area contributed by atoms with E-state index in [2.05, 4.69) is 14.4 Å². The number of pyridine rings is 1. The third kappa shape index (κ3) is 4.39. The molecule has 0 saturated heterocycles. The highest BCUT2D eigenvalue weighted by atomic mass is 35.5. The normalized spacial score (nSPS) is 12.7. The van der Waals surface area contributed by atoms with E-state index in [9.17, 15) is 23.4 Å². The van der Waals surface area contributed by atoms with E-state index in [1.54, 1.807) is 18.2 Å². The number of anilines is 1. The van der Waals surface area contributed by atoms with Gasteiger partial charge < -0.3 is 14.7 Å². The second-order valence-corrected chi connectivity index (χ2v) is 9.15. The van der Waals surface area contributed by atoms with E-state index >= 15 is 0 Å². The summed E-state index contributed by atoms with van der Waals surface area (Å²) in [7, 11) is -3.93. The molecule has 2 heterocycles. The summed E-state index contributed by atoms with van der Waals surface area (Å²) in [5, 5.41) is 23.6. The molecule has 0 fully saturated rings. The van der Waals surface area contributed by atoms with Gasteiger partial charge in [0.25, 0.3) is 15.6 Å². The van der Waals surface area contributed by atoms with Gasteiger partial charge in [-0.2, -0.15) is 0 Å². The van der Waals surface area contributed by atoms with Crippen molar-refractivity contribution < 1.29 is 23.2 Å². The van der Waals surface area contributed by atoms with Crippen LogP contribution in [0, 0.1) is 0 Å². The predicted molar refractivity (Wildman–Crippen MR) is 119 cm³/mol. The maximum absolute atomic E-state index is 12.8. The molecule has 0 aliphatic carbocycles. The molecule has 2 aromatic heterocycles. The summed E-state index contributed by atoms with van der Waals surface area (Å²) >= 11 is 6.10. The van der Waals surface area contributed by atoms with Crippen LogP contribution in [-0.2, 0) is 16.4 Å². The van der Waals surface area contributed by atoms with Crippen molar-refractivity contribution in [3.8, 4) is 5.69 Å². The van der Waals surface area contributed by atoms with E-state index in [0.29, 0.717) is 27.2 Å². The Balaban J connectivity index is 1.84. The lowest BCUT2D eigenvalue weighted by Gasteiger charge is -2.17. The molecule has 0 spiro atoms. The van der Waals surface area contributed by atoms with Crippen molar-refractivity contribution in [3.05, 3.63) is 81.8 Å². The Hall–Kier alpha value is -3.18. The molecule has 1 atom stereocenters. The number of aliphatic hydroxyl groups excluding tert-OH is 2. The van der Waals surface area contributed by atoms with E-state index in [0.717, 1.165) is 0 Å². The Morgan fingerprint density at radius 1 is 1.12 bits per heavy atom. The van der Waals surface area contributed by atoms with Crippen molar-refractivity contribution in [2.45, 2.75) is 17.4 Å². The molecule has 0 bridgehead atoms. The molecule has 0 saturated carbocycles. The summed E-state index contributed by atoms with van der Waals surface area (Å²) in [6.07, 6.45) is 0.287. The van der Waals surface area contributed by atoms with Crippen molar-refractivity contribution in [1.82, 2.24) is 9.72 Å². The highest BCUT2D eigenvalue weighted by Gasteiger charge is 2.18. The van der Waals surface area contributed by atoms with Crippen LogP contribution >= 0.6 is 11.6 Å². The van der Waals surface area contributed by atoms with Gasteiger partial charge in [-0.15, -0.1) is 0 Å². The van der Waals surface area contributed by atoms with Crippen LogP contribution in [0.1, 0.15) is 5.56 Å².